The average Bonchev–Trinajstić information content (AvgIpc) is 2.96. The molecule has 0 saturated carbocycles. The quantitative estimate of drug-likeness (QED) is 0.312. The van der Waals surface area contributed by atoms with Crippen molar-refractivity contribution in [2.75, 3.05) is 6.61 Å². The van der Waals surface area contributed by atoms with Crippen LogP contribution in [0.15, 0.2) is 91.0 Å². The van der Waals surface area contributed by atoms with Gasteiger partial charge < -0.3 is 23.7 Å². The van der Waals surface area contributed by atoms with E-state index in [1.165, 1.54) is 36.4 Å². The molecule has 0 N–H and O–H groups in total. The van der Waals surface area contributed by atoms with Crippen LogP contribution >= 0.6 is 0 Å². The fraction of sp³-hybridized carbons (Fsp3) is 0.241. The van der Waals surface area contributed by atoms with Crippen LogP contribution in [0.5, 0.6) is 0 Å². The standard InChI is InChI=1S/C29H25FO9/c1-18(31)36-29-25(39-28(34)21-15-9-4-10-16-21)24(38-27(33)20-13-7-3-8-14-20)23(30)22(37-29)17-35-26(32)19-11-5-2-6-12-19/h2-16,22-25,29H,17H2,1H3/t22-,23-,24+,25-,29+/m1/s1. The zero-order valence-corrected chi connectivity index (χ0v) is 20.8. The Bertz CT molecular complexity index is 1280. The Morgan fingerprint density at radius 1 is 0.667 bits per heavy atom. The van der Waals surface area contributed by atoms with E-state index >= 15 is 4.39 Å². The maximum Gasteiger partial charge on any atom is 0.338 e. The predicted octanol–water partition coefficient (Wildman–Crippen LogP) is 3.92. The van der Waals surface area contributed by atoms with Crippen LogP contribution in [0.1, 0.15) is 38.0 Å². The monoisotopic (exact) mass is 536 g/mol. The number of hydrogen-bond acceptors (Lipinski definition) is 9. The summed E-state index contributed by atoms with van der Waals surface area (Å²) >= 11 is 0. The van der Waals surface area contributed by atoms with Crippen molar-refractivity contribution < 1.29 is 47.3 Å². The molecule has 0 aliphatic carbocycles. The zero-order chi connectivity index (χ0) is 27.8. The zero-order valence-electron chi connectivity index (χ0n) is 20.8. The van der Waals surface area contributed by atoms with Gasteiger partial charge in [0.15, 0.2) is 12.3 Å². The second-order valence-electron chi connectivity index (χ2n) is 8.53. The van der Waals surface area contributed by atoms with E-state index in [2.05, 4.69) is 0 Å². The number of ether oxygens (including phenoxy) is 5. The number of benzene rings is 3. The molecule has 1 heterocycles. The molecule has 202 valence electrons. The molecule has 0 unspecified atom stereocenters. The first-order chi connectivity index (χ1) is 18.8. The molecule has 9 nitrogen and oxygen atoms in total. The topological polar surface area (TPSA) is 114 Å². The second-order valence-corrected chi connectivity index (χ2v) is 8.53. The highest BCUT2D eigenvalue weighted by Gasteiger charge is 2.53. The normalized spacial score (nSPS) is 22.3. The van der Waals surface area contributed by atoms with Crippen LogP contribution in [0.25, 0.3) is 0 Å². The first-order valence-electron chi connectivity index (χ1n) is 12.0. The molecule has 0 spiro atoms. The Morgan fingerprint density at radius 2 is 1.10 bits per heavy atom. The number of rotatable bonds is 8. The number of alkyl halides is 1. The fourth-order valence-corrected chi connectivity index (χ4v) is 3.86. The third-order valence-electron chi connectivity index (χ3n) is 5.75. The molecule has 1 aliphatic heterocycles. The summed E-state index contributed by atoms with van der Waals surface area (Å²) in [5.74, 6) is -3.37. The Balaban J connectivity index is 1.60. The minimum atomic E-state index is -2.14. The molecule has 3 aromatic rings. The molecule has 4 rings (SSSR count). The van der Waals surface area contributed by atoms with Crippen molar-refractivity contribution >= 4 is 23.9 Å². The Kier molecular flexibility index (Phi) is 9.01. The number of halogens is 1. The molecule has 5 atom stereocenters. The van der Waals surface area contributed by atoms with Crippen LogP contribution in [0.2, 0.25) is 0 Å². The van der Waals surface area contributed by atoms with Gasteiger partial charge >= 0.3 is 23.9 Å². The minimum absolute atomic E-state index is 0.111. The van der Waals surface area contributed by atoms with Gasteiger partial charge in [0, 0.05) is 6.92 Å². The summed E-state index contributed by atoms with van der Waals surface area (Å²) in [5, 5.41) is 0. The molecule has 3 aromatic carbocycles. The predicted molar refractivity (Wildman–Crippen MR) is 133 cm³/mol. The highest BCUT2D eigenvalue weighted by atomic mass is 19.1. The summed E-state index contributed by atoms with van der Waals surface area (Å²) < 4.78 is 42.9. The van der Waals surface area contributed by atoms with Gasteiger partial charge in [-0.3, -0.25) is 4.79 Å². The molecule has 10 heteroatoms. The van der Waals surface area contributed by atoms with Gasteiger partial charge in [-0.05, 0) is 36.4 Å². The van der Waals surface area contributed by atoms with E-state index in [0.717, 1.165) is 6.92 Å². The average molecular weight is 537 g/mol. The highest BCUT2D eigenvalue weighted by Crippen LogP contribution is 2.31. The summed E-state index contributed by atoms with van der Waals surface area (Å²) in [5.41, 5.74) is 0.462. The second kappa shape index (κ2) is 12.8. The smallest absolute Gasteiger partial charge is 0.338 e. The van der Waals surface area contributed by atoms with E-state index in [9.17, 15) is 19.2 Å². The molecule has 1 aliphatic rings. The van der Waals surface area contributed by atoms with Gasteiger partial charge in [0.25, 0.3) is 0 Å². The summed E-state index contributed by atoms with van der Waals surface area (Å²) in [6, 6.07) is 23.6. The molecule has 0 radical (unpaired) electrons. The summed E-state index contributed by atoms with van der Waals surface area (Å²) in [4.78, 5) is 50.0. The lowest BCUT2D eigenvalue weighted by atomic mass is 9.99. The van der Waals surface area contributed by atoms with E-state index in [0.29, 0.717) is 0 Å². The van der Waals surface area contributed by atoms with Gasteiger partial charge in [-0.1, -0.05) is 54.6 Å². The van der Waals surface area contributed by atoms with Crippen molar-refractivity contribution in [2.45, 2.75) is 37.7 Å². The molecule has 39 heavy (non-hydrogen) atoms. The molecular formula is C29H25FO9. The van der Waals surface area contributed by atoms with E-state index in [1.54, 1.807) is 54.6 Å². The van der Waals surface area contributed by atoms with Gasteiger partial charge in [0.1, 0.15) is 12.7 Å². The third kappa shape index (κ3) is 7.05. The Hall–Kier alpha value is -4.57. The van der Waals surface area contributed by atoms with Crippen molar-refractivity contribution in [3.8, 4) is 0 Å². The summed E-state index contributed by atoms with van der Waals surface area (Å²) in [6.07, 6.45) is -8.78. The van der Waals surface area contributed by atoms with Crippen molar-refractivity contribution in [3.63, 3.8) is 0 Å². The van der Waals surface area contributed by atoms with Crippen molar-refractivity contribution in [2.24, 2.45) is 0 Å². The van der Waals surface area contributed by atoms with E-state index in [1.807, 2.05) is 0 Å². The van der Waals surface area contributed by atoms with Gasteiger partial charge in [0.05, 0.1) is 16.7 Å². The van der Waals surface area contributed by atoms with Crippen LogP contribution in [0.4, 0.5) is 4.39 Å². The maximum absolute atomic E-state index is 15.9. The molecule has 0 bridgehead atoms. The first-order valence-corrected chi connectivity index (χ1v) is 12.0. The SMILES string of the molecule is CC(=O)O[C@H]1O[C@H](COC(=O)c2ccccc2)[C@@H](F)[C@H](OC(=O)c2ccccc2)[C@H]1OC(=O)c1ccccc1. The molecule has 1 fully saturated rings. The van der Waals surface area contributed by atoms with Gasteiger partial charge in [-0.25, -0.2) is 18.8 Å². The third-order valence-corrected chi connectivity index (χ3v) is 5.75. The minimum Gasteiger partial charge on any atom is -0.459 e. The van der Waals surface area contributed by atoms with Crippen LogP contribution in [-0.4, -0.2) is 61.3 Å². The summed E-state index contributed by atoms with van der Waals surface area (Å²) in [7, 11) is 0. The van der Waals surface area contributed by atoms with E-state index in [-0.39, 0.29) is 16.7 Å². The molecular weight excluding hydrogens is 511 g/mol. The van der Waals surface area contributed by atoms with Gasteiger partial charge in [-0.2, -0.15) is 0 Å². The van der Waals surface area contributed by atoms with Crippen LogP contribution in [0, 0.1) is 0 Å². The van der Waals surface area contributed by atoms with Gasteiger partial charge in [0.2, 0.25) is 12.4 Å². The molecule has 0 aromatic heterocycles. The van der Waals surface area contributed by atoms with Crippen LogP contribution in [0.3, 0.4) is 0 Å². The van der Waals surface area contributed by atoms with Crippen LogP contribution < -0.4 is 0 Å². The summed E-state index contributed by atoms with van der Waals surface area (Å²) in [6.45, 7) is 0.474. The lowest BCUT2D eigenvalue weighted by Gasteiger charge is -2.41. The van der Waals surface area contributed by atoms with Crippen molar-refractivity contribution in [1.29, 1.82) is 0 Å². The highest BCUT2D eigenvalue weighted by molar-refractivity contribution is 5.90. The lowest BCUT2D eigenvalue weighted by molar-refractivity contribution is -0.280. The van der Waals surface area contributed by atoms with Crippen molar-refractivity contribution in [1.82, 2.24) is 0 Å². The number of hydrogen-bond donors (Lipinski definition) is 0. The molecule has 0 amide bonds. The largest absolute Gasteiger partial charge is 0.459 e. The van der Waals surface area contributed by atoms with E-state index < -0.39 is 61.3 Å². The number of carbonyl (C=O) groups is 4. The van der Waals surface area contributed by atoms with Crippen LogP contribution in [-0.2, 0) is 28.5 Å². The van der Waals surface area contributed by atoms with Gasteiger partial charge in [-0.15, -0.1) is 0 Å². The Morgan fingerprint density at radius 3 is 1.56 bits per heavy atom. The number of esters is 4. The first kappa shape index (κ1) is 27.5. The maximum atomic E-state index is 15.9. The van der Waals surface area contributed by atoms with Crippen molar-refractivity contribution in [3.05, 3.63) is 108 Å². The molecule has 1 saturated heterocycles. The number of carbonyl (C=O) groups excluding carboxylic acids is 4. The fourth-order valence-electron chi connectivity index (χ4n) is 3.86. The Labute approximate surface area is 223 Å². The van der Waals surface area contributed by atoms with E-state index in [4.69, 9.17) is 23.7 Å². The lowest BCUT2D eigenvalue weighted by Crippen LogP contribution is -2.60.